The van der Waals surface area contributed by atoms with E-state index in [1.807, 2.05) is 19.1 Å². The van der Waals surface area contributed by atoms with Crippen molar-refractivity contribution in [2.24, 2.45) is 0 Å². The molecule has 0 radical (unpaired) electrons. The number of aliphatic hydroxyl groups is 1. The van der Waals surface area contributed by atoms with E-state index in [2.05, 4.69) is 5.32 Å². The molecule has 1 saturated heterocycles. The summed E-state index contributed by atoms with van der Waals surface area (Å²) in [6.45, 7) is 1.85. The Morgan fingerprint density at radius 3 is 2.67 bits per heavy atom. The Bertz CT molecular complexity index is 628. The molecule has 3 unspecified atom stereocenters. The van der Waals surface area contributed by atoms with E-state index >= 15 is 0 Å². The van der Waals surface area contributed by atoms with Crippen molar-refractivity contribution in [3.05, 3.63) is 47.0 Å². The summed E-state index contributed by atoms with van der Waals surface area (Å²) in [4.78, 5) is 10.9. The molecular formula is C18H23ClN2O3. The molecule has 0 aliphatic carbocycles. The van der Waals surface area contributed by atoms with Gasteiger partial charge in [-0.25, -0.2) is 4.79 Å². The molecular weight excluding hydrogens is 328 g/mol. The predicted molar refractivity (Wildman–Crippen MR) is 95.0 cm³/mol. The lowest BCUT2D eigenvalue weighted by Crippen LogP contribution is -2.39. The molecule has 3 atom stereocenters. The number of rotatable bonds is 7. The highest BCUT2D eigenvalue weighted by atomic mass is 35.5. The van der Waals surface area contributed by atoms with Crippen molar-refractivity contribution in [2.45, 2.75) is 50.8 Å². The summed E-state index contributed by atoms with van der Waals surface area (Å²) in [7, 11) is 0. The number of carboxylic acid groups (broad SMARTS) is 1. The molecule has 0 aromatic heterocycles. The Labute approximate surface area is 146 Å². The van der Waals surface area contributed by atoms with Crippen LogP contribution in [0.1, 0.15) is 42.1 Å². The van der Waals surface area contributed by atoms with Crippen LogP contribution in [0.2, 0.25) is 0 Å². The molecule has 1 aromatic rings. The molecule has 5 nitrogen and oxygen atoms in total. The zero-order valence-corrected chi connectivity index (χ0v) is 14.4. The van der Waals surface area contributed by atoms with Gasteiger partial charge in [-0.15, -0.1) is 0 Å². The van der Waals surface area contributed by atoms with E-state index in [4.69, 9.17) is 22.1 Å². The molecule has 0 saturated carbocycles. The lowest BCUT2D eigenvalue weighted by Gasteiger charge is -2.21. The summed E-state index contributed by atoms with van der Waals surface area (Å²) in [5, 5.41) is 30.1. The number of aromatic carboxylic acids is 1. The number of benzene rings is 1. The second-order valence-corrected chi connectivity index (χ2v) is 6.71. The molecule has 1 heterocycles. The Kier molecular flexibility index (Phi) is 6.54. The fourth-order valence-electron chi connectivity index (χ4n) is 3.02. The number of nitrogens with one attached hydrogen (secondary N) is 2. The maximum Gasteiger partial charge on any atom is 0.335 e. The van der Waals surface area contributed by atoms with Gasteiger partial charge in [0.2, 0.25) is 0 Å². The standard InChI is InChI=1S/C18H23ClN2O3/c1-11(2-9-16(19)20)17(22)15-8-7-14(21-15)10-12-3-5-13(6-4-12)18(23)24/h2-6,14-15,17,20-22H,7-10H2,1H3,(H,23,24). The molecule has 0 bridgehead atoms. The molecule has 2 rings (SSSR count). The van der Waals surface area contributed by atoms with Gasteiger partial charge in [0.1, 0.15) is 5.17 Å². The van der Waals surface area contributed by atoms with Crippen LogP contribution in [-0.2, 0) is 6.42 Å². The summed E-state index contributed by atoms with van der Waals surface area (Å²) in [5.74, 6) is -0.920. The van der Waals surface area contributed by atoms with Crippen LogP contribution in [0.5, 0.6) is 0 Å². The van der Waals surface area contributed by atoms with Crippen molar-refractivity contribution in [2.75, 3.05) is 0 Å². The van der Waals surface area contributed by atoms with Gasteiger partial charge in [-0.05, 0) is 49.5 Å². The van der Waals surface area contributed by atoms with Crippen molar-refractivity contribution in [1.82, 2.24) is 5.32 Å². The van der Waals surface area contributed by atoms with E-state index in [0.29, 0.717) is 6.42 Å². The summed E-state index contributed by atoms with van der Waals surface area (Å²) in [6, 6.07) is 7.17. The summed E-state index contributed by atoms with van der Waals surface area (Å²) in [5.41, 5.74) is 2.19. The van der Waals surface area contributed by atoms with Gasteiger partial charge in [0.15, 0.2) is 0 Å². The van der Waals surface area contributed by atoms with Gasteiger partial charge >= 0.3 is 5.97 Å². The van der Waals surface area contributed by atoms with Crippen molar-refractivity contribution in [3.8, 4) is 0 Å². The first-order valence-electron chi connectivity index (χ1n) is 8.02. The fourth-order valence-corrected chi connectivity index (χ4v) is 3.09. The number of halogens is 1. The molecule has 24 heavy (non-hydrogen) atoms. The van der Waals surface area contributed by atoms with E-state index < -0.39 is 12.1 Å². The van der Waals surface area contributed by atoms with Crippen LogP contribution < -0.4 is 5.32 Å². The smallest absolute Gasteiger partial charge is 0.335 e. The van der Waals surface area contributed by atoms with Crippen molar-refractivity contribution < 1.29 is 15.0 Å². The molecule has 6 heteroatoms. The van der Waals surface area contributed by atoms with Crippen molar-refractivity contribution in [1.29, 1.82) is 5.41 Å². The second-order valence-electron chi connectivity index (χ2n) is 6.26. The number of carboxylic acids is 1. The predicted octanol–water partition coefficient (Wildman–Crippen LogP) is 2.96. The minimum absolute atomic E-state index is 0.00551. The summed E-state index contributed by atoms with van der Waals surface area (Å²) < 4.78 is 0. The van der Waals surface area contributed by atoms with Crippen LogP contribution in [0, 0.1) is 5.41 Å². The minimum Gasteiger partial charge on any atom is -0.478 e. The first-order chi connectivity index (χ1) is 11.4. The molecule has 0 amide bonds. The van der Waals surface area contributed by atoms with Crippen molar-refractivity contribution >= 4 is 22.7 Å². The zero-order chi connectivity index (χ0) is 17.7. The van der Waals surface area contributed by atoms with E-state index in [9.17, 15) is 9.90 Å². The molecule has 1 fully saturated rings. The highest BCUT2D eigenvalue weighted by molar-refractivity contribution is 6.64. The van der Waals surface area contributed by atoms with Crippen LogP contribution in [0.4, 0.5) is 0 Å². The van der Waals surface area contributed by atoms with Crippen LogP contribution in [-0.4, -0.2) is 39.5 Å². The van der Waals surface area contributed by atoms with Gasteiger partial charge in [-0.2, -0.15) is 0 Å². The van der Waals surface area contributed by atoms with Crippen LogP contribution in [0.3, 0.4) is 0 Å². The average molecular weight is 351 g/mol. The number of hydrogen-bond acceptors (Lipinski definition) is 4. The third kappa shape index (κ3) is 5.16. The Balaban J connectivity index is 1.89. The Hall–Kier alpha value is -1.69. The first kappa shape index (κ1) is 18.6. The summed E-state index contributed by atoms with van der Waals surface area (Å²) in [6.07, 6.45) is 4.19. The largest absolute Gasteiger partial charge is 0.478 e. The van der Waals surface area contributed by atoms with Gasteiger partial charge in [0.25, 0.3) is 0 Å². The van der Waals surface area contributed by atoms with E-state index in [1.165, 1.54) is 0 Å². The third-order valence-electron chi connectivity index (χ3n) is 4.41. The van der Waals surface area contributed by atoms with Gasteiger partial charge in [-0.1, -0.05) is 29.8 Å². The monoisotopic (exact) mass is 350 g/mol. The quantitative estimate of drug-likeness (QED) is 0.449. The van der Waals surface area contributed by atoms with E-state index in [-0.39, 0.29) is 22.8 Å². The first-order valence-corrected chi connectivity index (χ1v) is 8.40. The molecule has 1 aliphatic heterocycles. The second kappa shape index (κ2) is 8.42. The zero-order valence-electron chi connectivity index (χ0n) is 13.6. The Morgan fingerprint density at radius 2 is 2.08 bits per heavy atom. The minimum atomic E-state index is -0.920. The normalized spacial score (nSPS) is 22.4. The average Bonchev–Trinajstić information content (AvgIpc) is 3.00. The lowest BCUT2D eigenvalue weighted by molar-refractivity contribution is 0.0697. The molecule has 4 N–H and O–H groups in total. The van der Waals surface area contributed by atoms with E-state index in [1.54, 1.807) is 18.2 Å². The fraction of sp³-hybridized carbons (Fsp3) is 0.444. The molecule has 0 spiro atoms. The molecule has 1 aromatic carbocycles. The van der Waals surface area contributed by atoms with Gasteiger partial charge in [0, 0.05) is 18.5 Å². The molecule has 130 valence electrons. The Morgan fingerprint density at radius 1 is 1.42 bits per heavy atom. The van der Waals surface area contributed by atoms with Gasteiger partial charge in [0.05, 0.1) is 11.7 Å². The maximum absolute atomic E-state index is 10.9. The van der Waals surface area contributed by atoms with Crippen LogP contribution in [0.15, 0.2) is 35.9 Å². The van der Waals surface area contributed by atoms with Crippen molar-refractivity contribution in [3.63, 3.8) is 0 Å². The highest BCUT2D eigenvalue weighted by Gasteiger charge is 2.29. The number of hydrogen-bond donors (Lipinski definition) is 4. The van der Waals surface area contributed by atoms with Gasteiger partial charge < -0.3 is 15.5 Å². The van der Waals surface area contributed by atoms with E-state index in [0.717, 1.165) is 30.4 Å². The number of carbonyl (C=O) groups is 1. The maximum atomic E-state index is 10.9. The topological polar surface area (TPSA) is 93.4 Å². The lowest BCUT2D eigenvalue weighted by atomic mass is 10.0. The van der Waals surface area contributed by atoms with Gasteiger partial charge in [-0.3, -0.25) is 5.41 Å². The SMILES string of the molecule is CC(=CCC(=N)Cl)C(O)C1CCC(Cc2ccc(C(=O)O)cc2)N1. The molecule has 1 aliphatic rings. The van der Waals surface area contributed by atoms with Crippen LogP contribution >= 0.6 is 11.6 Å². The highest BCUT2D eigenvalue weighted by Crippen LogP contribution is 2.22. The number of aliphatic hydroxyl groups excluding tert-OH is 1. The third-order valence-corrected chi connectivity index (χ3v) is 4.56. The summed E-state index contributed by atoms with van der Waals surface area (Å²) >= 11 is 5.54. The number of allylic oxidation sites excluding steroid dienone is 1. The van der Waals surface area contributed by atoms with Crippen LogP contribution in [0.25, 0.3) is 0 Å².